The molecule has 0 bridgehead atoms. The smallest absolute Gasteiger partial charge is 0.309 e. The molecule has 0 saturated carbocycles. The van der Waals surface area contributed by atoms with Crippen molar-refractivity contribution in [1.29, 1.82) is 0 Å². The van der Waals surface area contributed by atoms with Gasteiger partial charge in [-0.1, -0.05) is 0 Å². The zero-order valence-corrected chi connectivity index (χ0v) is 16.8. The molecular formula is C18H38N4O2. The van der Waals surface area contributed by atoms with Gasteiger partial charge in [0.15, 0.2) is 0 Å². The minimum atomic E-state index is -0.553. The van der Waals surface area contributed by atoms with E-state index in [4.69, 9.17) is 0 Å². The molecule has 2 N–H and O–H groups in total. The molecule has 6 heteroatoms. The number of nitrogens with zero attached hydrogens (tertiary/aromatic N) is 2. The highest BCUT2D eigenvalue weighted by molar-refractivity contribution is 6.35. The van der Waals surface area contributed by atoms with Gasteiger partial charge in [-0.3, -0.25) is 19.4 Å². The zero-order valence-electron chi connectivity index (χ0n) is 16.8. The zero-order chi connectivity index (χ0) is 18.9. The number of carbonyl (C=O) groups is 2. The number of rotatable bonds is 10. The fourth-order valence-electron chi connectivity index (χ4n) is 2.98. The van der Waals surface area contributed by atoms with Gasteiger partial charge in [0.25, 0.3) is 0 Å². The predicted octanol–water partition coefficient (Wildman–Crippen LogP) is 1.46. The van der Waals surface area contributed by atoms with Crippen LogP contribution in [0.5, 0.6) is 0 Å². The fraction of sp³-hybridized carbons (Fsp3) is 0.889. The summed E-state index contributed by atoms with van der Waals surface area (Å²) < 4.78 is 0. The first kappa shape index (κ1) is 22.9. The molecule has 0 aromatic carbocycles. The number of carbonyl (C=O) groups excluding carboxylic acids is 2. The Kier molecular flexibility index (Phi) is 10.9. The average Bonchev–Trinajstić information content (AvgIpc) is 2.45. The molecule has 6 nitrogen and oxygen atoms in total. The summed E-state index contributed by atoms with van der Waals surface area (Å²) in [6.45, 7) is 19.5. The van der Waals surface area contributed by atoms with Gasteiger partial charge in [-0.05, 0) is 55.4 Å². The van der Waals surface area contributed by atoms with Crippen molar-refractivity contribution in [1.82, 2.24) is 20.4 Å². The van der Waals surface area contributed by atoms with Gasteiger partial charge in [0.05, 0.1) is 0 Å². The molecule has 142 valence electrons. The molecule has 0 aliphatic heterocycles. The molecule has 2 amide bonds. The Morgan fingerprint density at radius 1 is 0.625 bits per heavy atom. The molecule has 0 aliphatic carbocycles. The van der Waals surface area contributed by atoms with Crippen LogP contribution in [0.2, 0.25) is 0 Å². The fourth-order valence-corrected chi connectivity index (χ4v) is 2.98. The molecule has 0 radical (unpaired) electrons. The van der Waals surface area contributed by atoms with Crippen LogP contribution in [0.15, 0.2) is 0 Å². The van der Waals surface area contributed by atoms with Crippen molar-refractivity contribution in [2.24, 2.45) is 0 Å². The van der Waals surface area contributed by atoms with Crippen LogP contribution in [0.1, 0.15) is 55.4 Å². The SMILES string of the molecule is CC(C)N(CCNC(=O)C(=O)NCCN(C(C)C)C(C)C)C(C)C. The van der Waals surface area contributed by atoms with Crippen LogP contribution in [0.25, 0.3) is 0 Å². The summed E-state index contributed by atoms with van der Waals surface area (Å²) in [4.78, 5) is 28.3. The standard InChI is InChI=1S/C18H38N4O2/c1-13(2)21(14(3)4)11-9-19-17(23)18(24)20-10-12-22(15(5)6)16(7)8/h13-16H,9-12H2,1-8H3,(H,19,23)(H,20,24). The van der Waals surface area contributed by atoms with Crippen LogP contribution in [0.4, 0.5) is 0 Å². The lowest BCUT2D eigenvalue weighted by Gasteiger charge is -2.30. The molecule has 0 rings (SSSR count). The van der Waals surface area contributed by atoms with E-state index in [1.165, 1.54) is 0 Å². The summed E-state index contributed by atoms with van der Waals surface area (Å²) in [5, 5.41) is 5.40. The van der Waals surface area contributed by atoms with E-state index in [0.29, 0.717) is 37.3 Å². The Balaban J connectivity index is 4.14. The van der Waals surface area contributed by atoms with Crippen molar-refractivity contribution in [3.05, 3.63) is 0 Å². The highest BCUT2D eigenvalue weighted by Crippen LogP contribution is 2.04. The van der Waals surface area contributed by atoms with Crippen molar-refractivity contribution < 1.29 is 9.59 Å². The summed E-state index contributed by atoms with van der Waals surface area (Å²) in [7, 11) is 0. The summed E-state index contributed by atoms with van der Waals surface area (Å²) in [5.74, 6) is -1.11. The Labute approximate surface area is 148 Å². The first-order chi connectivity index (χ1) is 11.1. The summed E-state index contributed by atoms with van der Waals surface area (Å²) in [6, 6.07) is 1.64. The quantitative estimate of drug-likeness (QED) is 0.590. The Morgan fingerprint density at radius 2 is 0.875 bits per heavy atom. The van der Waals surface area contributed by atoms with E-state index in [9.17, 15) is 9.59 Å². The monoisotopic (exact) mass is 342 g/mol. The van der Waals surface area contributed by atoms with E-state index < -0.39 is 11.8 Å². The number of amides is 2. The third kappa shape index (κ3) is 8.64. The van der Waals surface area contributed by atoms with Crippen molar-refractivity contribution in [2.45, 2.75) is 79.6 Å². The van der Waals surface area contributed by atoms with Crippen molar-refractivity contribution in [3.8, 4) is 0 Å². The lowest BCUT2D eigenvalue weighted by atomic mass is 10.2. The Bertz CT molecular complexity index is 329. The highest BCUT2D eigenvalue weighted by Gasteiger charge is 2.17. The van der Waals surface area contributed by atoms with Crippen LogP contribution in [0.3, 0.4) is 0 Å². The minimum Gasteiger partial charge on any atom is -0.347 e. The second-order valence-electron chi connectivity index (χ2n) is 7.36. The number of hydrogen-bond acceptors (Lipinski definition) is 4. The number of hydrogen-bond donors (Lipinski definition) is 2. The molecule has 0 heterocycles. The van der Waals surface area contributed by atoms with Gasteiger partial charge in [0, 0.05) is 50.3 Å². The molecule has 0 aromatic heterocycles. The van der Waals surface area contributed by atoms with Crippen molar-refractivity contribution in [3.63, 3.8) is 0 Å². The van der Waals surface area contributed by atoms with E-state index in [1.807, 2.05) is 0 Å². The van der Waals surface area contributed by atoms with Gasteiger partial charge >= 0.3 is 11.8 Å². The van der Waals surface area contributed by atoms with Crippen molar-refractivity contribution >= 4 is 11.8 Å². The average molecular weight is 343 g/mol. The maximum Gasteiger partial charge on any atom is 0.309 e. The summed E-state index contributed by atoms with van der Waals surface area (Å²) in [6.07, 6.45) is 0. The van der Waals surface area contributed by atoms with Crippen LogP contribution >= 0.6 is 0 Å². The van der Waals surface area contributed by atoms with E-state index in [2.05, 4.69) is 75.8 Å². The van der Waals surface area contributed by atoms with E-state index >= 15 is 0 Å². The topological polar surface area (TPSA) is 64.7 Å². The lowest BCUT2D eigenvalue weighted by molar-refractivity contribution is -0.139. The molecule has 0 atom stereocenters. The largest absolute Gasteiger partial charge is 0.347 e. The third-order valence-corrected chi connectivity index (χ3v) is 4.17. The van der Waals surface area contributed by atoms with E-state index in [1.54, 1.807) is 0 Å². The highest BCUT2D eigenvalue weighted by atomic mass is 16.2. The van der Waals surface area contributed by atoms with Gasteiger partial charge in [0.2, 0.25) is 0 Å². The molecule has 0 fully saturated rings. The third-order valence-electron chi connectivity index (χ3n) is 4.17. The number of nitrogens with one attached hydrogen (secondary N) is 2. The second kappa shape index (κ2) is 11.4. The normalized spacial score (nSPS) is 12.1. The molecule has 0 aliphatic rings. The van der Waals surface area contributed by atoms with Crippen LogP contribution in [-0.2, 0) is 9.59 Å². The molecule has 0 unspecified atom stereocenters. The lowest BCUT2D eigenvalue weighted by Crippen LogP contribution is -2.47. The first-order valence-electron chi connectivity index (χ1n) is 9.15. The predicted molar refractivity (Wildman–Crippen MR) is 100.0 cm³/mol. The van der Waals surface area contributed by atoms with E-state index in [0.717, 1.165) is 13.1 Å². The van der Waals surface area contributed by atoms with Gasteiger partial charge in [0.1, 0.15) is 0 Å². The van der Waals surface area contributed by atoms with Crippen molar-refractivity contribution in [2.75, 3.05) is 26.2 Å². The van der Waals surface area contributed by atoms with Gasteiger partial charge in [-0.15, -0.1) is 0 Å². The summed E-state index contributed by atoms with van der Waals surface area (Å²) in [5.41, 5.74) is 0. The molecule has 0 aromatic rings. The first-order valence-corrected chi connectivity index (χ1v) is 9.15. The molecule has 0 spiro atoms. The maximum atomic E-state index is 11.9. The molecule has 0 saturated heterocycles. The van der Waals surface area contributed by atoms with Crippen LogP contribution in [0, 0.1) is 0 Å². The van der Waals surface area contributed by atoms with E-state index in [-0.39, 0.29) is 0 Å². The summed E-state index contributed by atoms with van der Waals surface area (Å²) >= 11 is 0. The maximum absolute atomic E-state index is 11.9. The molecular weight excluding hydrogens is 304 g/mol. The van der Waals surface area contributed by atoms with Crippen LogP contribution in [-0.4, -0.2) is 72.0 Å². The Morgan fingerprint density at radius 3 is 1.08 bits per heavy atom. The second-order valence-corrected chi connectivity index (χ2v) is 7.36. The van der Waals surface area contributed by atoms with Gasteiger partial charge in [-0.2, -0.15) is 0 Å². The Hall–Kier alpha value is -1.14. The van der Waals surface area contributed by atoms with Crippen LogP contribution < -0.4 is 10.6 Å². The van der Waals surface area contributed by atoms with Gasteiger partial charge < -0.3 is 10.6 Å². The minimum absolute atomic E-state index is 0.411. The molecule has 24 heavy (non-hydrogen) atoms. The van der Waals surface area contributed by atoms with Gasteiger partial charge in [-0.25, -0.2) is 0 Å².